The summed E-state index contributed by atoms with van der Waals surface area (Å²) in [4.78, 5) is 12.9. The Hall–Kier alpha value is -2.02. The summed E-state index contributed by atoms with van der Waals surface area (Å²) < 4.78 is 10.9. The molecular formula is C13H17N3O4. The van der Waals surface area contributed by atoms with E-state index in [0.717, 1.165) is 19.5 Å². The fourth-order valence-corrected chi connectivity index (χ4v) is 2.71. The van der Waals surface area contributed by atoms with Gasteiger partial charge < -0.3 is 20.1 Å². The van der Waals surface area contributed by atoms with Crippen molar-refractivity contribution in [3.63, 3.8) is 0 Å². The molecule has 1 atom stereocenters. The van der Waals surface area contributed by atoms with Crippen LogP contribution in [0.15, 0.2) is 12.1 Å². The van der Waals surface area contributed by atoms with Gasteiger partial charge in [-0.05, 0) is 18.9 Å². The summed E-state index contributed by atoms with van der Waals surface area (Å²) in [6.07, 6.45) is 0.960. The molecule has 20 heavy (non-hydrogen) atoms. The lowest BCUT2D eigenvalue weighted by molar-refractivity contribution is -0.384. The number of nitrogens with zero attached hydrogens (tertiary/aromatic N) is 2. The van der Waals surface area contributed by atoms with Gasteiger partial charge in [0.2, 0.25) is 0 Å². The van der Waals surface area contributed by atoms with Crippen molar-refractivity contribution in [2.45, 2.75) is 6.42 Å². The minimum absolute atomic E-state index is 0.0620. The number of rotatable bonds is 3. The Balaban J connectivity index is 1.98. The highest BCUT2D eigenvalue weighted by molar-refractivity contribution is 5.70. The highest BCUT2D eigenvalue weighted by Crippen LogP contribution is 2.42. The average molecular weight is 279 g/mol. The Morgan fingerprint density at radius 3 is 2.65 bits per heavy atom. The van der Waals surface area contributed by atoms with Crippen LogP contribution in [0.3, 0.4) is 0 Å². The Bertz CT molecular complexity index is 535. The monoisotopic (exact) mass is 279 g/mol. The van der Waals surface area contributed by atoms with Crippen LogP contribution in [0.5, 0.6) is 11.5 Å². The summed E-state index contributed by atoms with van der Waals surface area (Å²) in [7, 11) is 0. The van der Waals surface area contributed by atoms with Crippen LogP contribution >= 0.6 is 0 Å². The first kappa shape index (κ1) is 13.0. The summed E-state index contributed by atoms with van der Waals surface area (Å²) >= 11 is 0. The SMILES string of the molecule is NCC1CCN(c2cc3c(cc2[N+](=O)[O-])OCCO3)C1. The smallest absolute Gasteiger partial charge is 0.296 e. The first-order valence-electron chi connectivity index (χ1n) is 6.72. The van der Waals surface area contributed by atoms with E-state index in [0.29, 0.717) is 42.9 Å². The molecule has 1 aromatic carbocycles. The van der Waals surface area contributed by atoms with E-state index in [1.54, 1.807) is 6.07 Å². The van der Waals surface area contributed by atoms with Gasteiger partial charge in [0.05, 0.1) is 11.0 Å². The number of ether oxygens (including phenoxy) is 2. The van der Waals surface area contributed by atoms with Gasteiger partial charge in [-0.3, -0.25) is 10.1 Å². The van der Waals surface area contributed by atoms with Crippen molar-refractivity contribution in [2.75, 3.05) is 37.7 Å². The van der Waals surface area contributed by atoms with Crippen molar-refractivity contribution < 1.29 is 14.4 Å². The number of nitrogens with two attached hydrogens (primary N) is 1. The molecule has 2 N–H and O–H groups in total. The number of fused-ring (bicyclic) bond motifs is 1. The molecule has 108 valence electrons. The fraction of sp³-hybridized carbons (Fsp3) is 0.538. The number of anilines is 1. The van der Waals surface area contributed by atoms with E-state index in [2.05, 4.69) is 0 Å². The maximum Gasteiger partial charge on any atom is 0.296 e. The van der Waals surface area contributed by atoms with Crippen LogP contribution in [0.25, 0.3) is 0 Å². The molecule has 1 fully saturated rings. The number of nitro groups is 1. The van der Waals surface area contributed by atoms with Gasteiger partial charge in [0.1, 0.15) is 18.9 Å². The Morgan fingerprint density at radius 2 is 2.05 bits per heavy atom. The summed E-state index contributed by atoms with van der Waals surface area (Å²) in [5.41, 5.74) is 6.33. The van der Waals surface area contributed by atoms with Gasteiger partial charge in [0.25, 0.3) is 5.69 Å². The van der Waals surface area contributed by atoms with Gasteiger partial charge in [-0.1, -0.05) is 0 Å². The molecule has 1 aromatic rings. The molecular weight excluding hydrogens is 262 g/mol. The zero-order valence-electron chi connectivity index (χ0n) is 11.1. The van der Waals surface area contributed by atoms with Gasteiger partial charge in [0, 0.05) is 19.2 Å². The lowest BCUT2D eigenvalue weighted by Gasteiger charge is -2.23. The van der Waals surface area contributed by atoms with Crippen LogP contribution in [0.4, 0.5) is 11.4 Å². The number of nitro benzene ring substituents is 1. The second-order valence-corrected chi connectivity index (χ2v) is 5.08. The Morgan fingerprint density at radius 1 is 1.35 bits per heavy atom. The van der Waals surface area contributed by atoms with E-state index in [1.165, 1.54) is 6.07 Å². The summed E-state index contributed by atoms with van der Waals surface area (Å²) in [5, 5.41) is 11.3. The van der Waals surface area contributed by atoms with Crippen molar-refractivity contribution in [3.05, 3.63) is 22.2 Å². The van der Waals surface area contributed by atoms with E-state index >= 15 is 0 Å². The van der Waals surface area contributed by atoms with Crippen LogP contribution in [-0.2, 0) is 0 Å². The summed E-state index contributed by atoms with van der Waals surface area (Å²) in [6, 6.07) is 3.17. The molecule has 1 saturated heterocycles. The van der Waals surface area contributed by atoms with Gasteiger partial charge >= 0.3 is 0 Å². The van der Waals surface area contributed by atoms with Crippen molar-refractivity contribution in [1.29, 1.82) is 0 Å². The second-order valence-electron chi connectivity index (χ2n) is 5.08. The first-order chi connectivity index (χ1) is 9.69. The van der Waals surface area contributed by atoms with E-state index in [9.17, 15) is 10.1 Å². The summed E-state index contributed by atoms with van der Waals surface area (Å²) in [5.74, 6) is 1.41. The molecule has 0 spiro atoms. The summed E-state index contributed by atoms with van der Waals surface area (Å²) in [6.45, 7) is 3.02. The number of hydrogen-bond acceptors (Lipinski definition) is 6. The van der Waals surface area contributed by atoms with Crippen molar-refractivity contribution in [1.82, 2.24) is 0 Å². The molecule has 0 saturated carbocycles. The molecule has 1 unspecified atom stereocenters. The lowest BCUT2D eigenvalue weighted by atomic mass is 10.1. The third kappa shape index (κ3) is 2.24. The standard InChI is InChI=1S/C13H17N3O4/c14-7-9-1-2-15(8-9)10-5-12-13(20-4-3-19-12)6-11(10)16(17)18/h5-6,9H,1-4,7-8,14H2. The predicted molar refractivity (Wildman–Crippen MR) is 73.5 cm³/mol. The van der Waals surface area contributed by atoms with Crippen LogP contribution in [-0.4, -0.2) is 37.8 Å². The zero-order chi connectivity index (χ0) is 14.1. The van der Waals surface area contributed by atoms with E-state index in [-0.39, 0.29) is 10.6 Å². The van der Waals surface area contributed by atoms with Crippen LogP contribution in [0.1, 0.15) is 6.42 Å². The Labute approximate surface area is 116 Å². The average Bonchev–Trinajstić information content (AvgIpc) is 2.94. The molecule has 0 amide bonds. The predicted octanol–water partition coefficient (Wildman–Crippen LogP) is 1.15. The van der Waals surface area contributed by atoms with Gasteiger partial charge in [-0.15, -0.1) is 0 Å². The minimum atomic E-state index is -0.372. The van der Waals surface area contributed by atoms with Gasteiger partial charge in [-0.2, -0.15) is 0 Å². The quantitative estimate of drug-likeness (QED) is 0.659. The lowest BCUT2D eigenvalue weighted by Crippen LogP contribution is -2.24. The van der Waals surface area contributed by atoms with Gasteiger partial charge in [-0.25, -0.2) is 0 Å². The van der Waals surface area contributed by atoms with Crippen LogP contribution in [0, 0.1) is 16.0 Å². The number of hydrogen-bond donors (Lipinski definition) is 1. The van der Waals surface area contributed by atoms with Crippen LogP contribution in [0.2, 0.25) is 0 Å². The maximum absolute atomic E-state index is 11.3. The zero-order valence-corrected chi connectivity index (χ0v) is 11.1. The van der Waals surface area contributed by atoms with Crippen molar-refractivity contribution >= 4 is 11.4 Å². The van der Waals surface area contributed by atoms with Crippen LogP contribution < -0.4 is 20.1 Å². The third-order valence-corrected chi connectivity index (χ3v) is 3.80. The number of benzene rings is 1. The minimum Gasteiger partial charge on any atom is -0.486 e. The highest BCUT2D eigenvalue weighted by atomic mass is 16.6. The first-order valence-corrected chi connectivity index (χ1v) is 6.72. The molecule has 7 heteroatoms. The highest BCUT2D eigenvalue weighted by Gasteiger charge is 2.29. The Kier molecular flexibility index (Phi) is 3.35. The molecule has 0 aliphatic carbocycles. The molecule has 2 aliphatic heterocycles. The van der Waals surface area contributed by atoms with E-state index < -0.39 is 0 Å². The fourth-order valence-electron chi connectivity index (χ4n) is 2.71. The van der Waals surface area contributed by atoms with Crippen molar-refractivity contribution in [2.24, 2.45) is 11.7 Å². The normalized spacial score (nSPS) is 21.1. The maximum atomic E-state index is 11.3. The second kappa shape index (κ2) is 5.16. The molecule has 0 aromatic heterocycles. The van der Waals surface area contributed by atoms with E-state index in [4.69, 9.17) is 15.2 Å². The molecule has 3 rings (SSSR count). The topological polar surface area (TPSA) is 90.9 Å². The third-order valence-electron chi connectivity index (χ3n) is 3.80. The van der Waals surface area contributed by atoms with E-state index in [1.807, 2.05) is 4.90 Å². The molecule has 2 aliphatic rings. The molecule has 0 bridgehead atoms. The van der Waals surface area contributed by atoms with Crippen molar-refractivity contribution in [3.8, 4) is 11.5 Å². The molecule has 2 heterocycles. The van der Waals surface area contributed by atoms with Gasteiger partial charge in [0.15, 0.2) is 11.5 Å². The molecule has 7 nitrogen and oxygen atoms in total. The molecule has 0 radical (unpaired) electrons. The largest absolute Gasteiger partial charge is 0.486 e.